The Kier molecular flexibility index (Phi) is 3.29. The zero-order chi connectivity index (χ0) is 38.8. The highest BCUT2D eigenvalue weighted by Crippen LogP contribution is 2.45. The molecule has 8 aromatic carbocycles. The summed E-state index contributed by atoms with van der Waals surface area (Å²) in [7, 11) is 0. The molecule has 0 spiro atoms. The van der Waals surface area contributed by atoms with Gasteiger partial charge in [0.25, 0.3) is 0 Å². The number of benzene rings is 8. The summed E-state index contributed by atoms with van der Waals surface area (Å²) in [5.74, 6) is 0. The van der Waals surface area contributed by atoms with Crippen LogP contribution in [0.5, 0.6) is 0 Å². The number of furan rings is 1. The standard InChI is InChI=1S/C42H26O/c1-2-12-28(13-3-1)32-19-10-20-38-33-24-23-31(26-39(33)43-42(32)38)41-36-17-8-6-15-34(36)40(35-16-7-9-18-37(35)41)30-22-21-27-11-4-5-14-29(27)25-30/h1-26H/i1D,2D,3D,4D,5D,11D,12D,13D,14D,21D,22D,25D. The normalized spacial score (nSPS) is 15.6. The lowest BCUT2D eigenvalue weighted by Crippen LogP contribution is -1.90. The van der Waals surface area contributed by atoms with Gasteiger partial charge < -0.3 is 4.42 Å². The SMILES string of the molecule is [2H]c1c([2H])c([2H])c(-c2cccc3c2oc2cc(-c4c5ccccc5c(-c5c([2H])c([2H])c6c([2H])c([2H])c([2H])c([2H])c6c5[2H])c5ccccc45)ccc23)c([2H])c1[2H]. The summed E-state index contributed by atoms with van der Waals surface area (Å²) in [6.45, 7) is 0. The van der Waals surface area contributed by atoms with Crippen molar-refractivity contribution in [2.24, 2.45) is 0 Å². The zero-order valence-electron chi connectivity index (χ0n) is 34.5. The van der Waals surface area contributed by atoms with E-state index >= 15 is 0 Å². The summed E-state index contributed by atoms with van der Waals surface area (Å²) in [5.41, 5.74) is 3.51. The van der Waals surface area contributed by atoms with E-state index < -0.39 is 42.3 Å². The topological polar surface area (TPSA) is 13.1 Å². The first-order valence-electron chi connectivity index (χ1n) is 19.8. The van der Waals surface area contributed by atoms with Gasteiger partial charge in [-0.05, 0) is 78.3 Å². The lowest BCUT2D eigenvalue weighted by molar-refractivity contribution is 0.670. The molecule has 0 fully saturated rings. The maximum Gasteiger partial charge on any atom is 0.143 e. The lowest BCUT2D eigenvalue weighted by Gasteiger charge is -2.18. The third-order valence-electron chi connectivity index (χ3n) is 7.99. The molecule has 43 heavy (non-hydrogen) atoms. The minimum Gasteiger partial charge on any atom is -0.455 e. The van der Waals surface area contributed by atoms with Crippen LogP contribution in [-0.2, 0) is 0 Å². The van der Waals surface area contributed by atoms with Crippen molar-refractivity contribution in [1.82, 2.24) is 0 Å². The van der Waals surface area contributed by atoms with E-state index in [2.05, 4.69) is 0 Å². The fraction of sp³-hybridized carbons (Fsp3) is 0. The Morgan fingerprint density at radius 2 is 1.07 bits per heavy atom. The highest BCUT2D eigenvalue weighted by atomic mass is 16.3. The van der Waals surface area contributed by atoms with E-state index in [0.717, 1.165) is 27.3 Å². The van der Waals surface area contributed by atoms with Gasteiger partial charge in [-0.1, -0.05) is 139 Å². The molecule has 0 saturated heterocycles. The molecule has 1 nitrogen and oxygen atoms in total. The fourth-order valence-electron chi connectivity index (χ4n) is 6.15. The number of rotatable bonds is 3. The summed E-state index contributed by atoms with van der Waals surface area (Å²) in [6, 6.07) is 21.3. The summed E-state index contributed by atoms with van der Waals surface area (Å²) < 4.78 is 109. The van der Waals surface area contributed by atoms with Crippen molar-refractivity contribution in [2.45, 2.75) is 0 Å². The van der Waals surface area contributed by atoms with Crippen molar-refractivity contribution < 1.29 is 20.9 Å². The molecular formula is C42H26O. The van der Waals surface area contributed by atoms with Crippen molar-refractivity contribution in [3.05, 3.63) is 157 Å². The first-order chi connectivity index (χ1) is 26.3. The Hall–Kier alpha value is -5.66. The van der Waals surface area contributed by atoms with Crippen molar-refractivity contribution in [1.29, 1.82) is 0 Å². The Balaban J connectivity index is 1.34. The molecule has 0 saturated carbocycles. The second-order valence-corrected chi connectivity index (χ2v) is 10.3. The Morgan fingerprint density at radius 1 is 0.442 bits per heavy atom. The molecule has 0 atom stereocenters. The van der Waals surface area contributed by atoms with Gasteiger partial charge in [-0.2, -0.15) is 0 Å². The largest absolute Gasteiger partial charge is 0.455 e. The maximum atomic E-state index is 9.35. The molecule has 0 unspecified atom stereocenters. The van der Waals surface area contributed by atoms with Gasteiger partial charge in [-0.25, -0.2) is 0 Å². The Labute approximate surface area is 266 Å². The molecule has 0 aliphatic heterocycles. The van der Waals surface area contributed by atoms with E-state index in [-0.39, 0.29) is 52.1 Å². The second kappa shape index (κ2) is 9.44. The Bertz CT molecular complexity index is 3100. The van der Waals surface area contributed by atoms with Crippen LogP contribution in [0.4, 0.5) is 0 Å². The molecule has 1 aromatic heterocycles. The average Bonchev–Trinajstić information content (AvgIpc) is 3.57. The van der Waals surface area contributed by atoms with Gasteiger partial charge in [-0.15, -0.1) is 0 Å². The van der Waals surface area contributed by atoms with Crippen molar-refractivity contribution >= 4 is 54.3 Å². The van der Waals surface area contributed by atoms with Crippen LogP contribution in [0.15, 0.2) is 162 Å². The van der Waals surface area contributed by atoms with E-state index in [9.17, 15) is 2.74 Å². The summed E-state index contributed by atoms with van der Waals surface area (Å²) in [4.78, 5) is 0. The van der Waals surface area contributed by atoms with Crippen LogP contribution in [0.3, 0.4) is 0 Å². The van der Waals surface area contributed by atoms with Crippen molar-refractivity contribution in [2.75, 3.05) is 0 Å². The van der Waals surface area contributed by atoms with Gasteiger partial charge in [0.1, 0.15) is 11.2 Å². The highest BCUT2D eigenvalue weighted by molar-refractivity contribution is 6.22. The van der Waals surface area contributed by atoms with Crippen LogP contribution in [-0.4, -0.2) is 0 Å². The molecular weight excluding hydrogens is 520 g/mol. The molecule has 200 valence electrons. The van der Waals surface area contributed by atoms with Gasteiger partial charge in [-0.3, -0.25) is 0 Å². The number of hydrogen-bond acceptors (Lipinski definition) is 1. The lowest BCUT2D eigenvalue weighted by atomic mass is 9.85. The third kappa shape index (κ3) is 3.72. The highest BCUT2D eigenvalue weighted by Gasteiger charge is 2.18. The van der Waals surface area contributed by atoms with E-state index in [1.54, 1.807) is 12.1 Å². The Morgan fingerprint density at radius 3 is 1.79 bits per heavy atom. The van der Waals surface area contributed by atoms with Gasteiger partial charge in [0.15, 0.2) is 0 Å². The molecule has 1 heteroatoms. The number of hydrogen-bond donors (Lipinski definition) is 0. The monoisotopic (exact) mass is 558 g/mol. The first-order valence-corrected chi connectivity index (χ1v) is 13.8. The summed E-state index contributed by atoms with van der Waals surface area (Å²) in [6.07, 6.45) is 0. The smallest absolute Gasteiger partial charge is 0.143 e. The summed E-state index contributed by atoms with van der Waals surface area (Å²) in [5, 5.41) is 4.08. The van der Waals surface area contributed by atoms with Crippen LogP contribution >= 0.6 is 0 Å². The predicted molar refractivity (Wildman–Crippen MR) is 183 cm³/mol. The number of para-hydroxylation sites is 1. The van der Waals surface area contributed by atoms with Crippen LogP contribution < -0.4 is 0 Å². The quantitative estimate of drug-likeness (QED) is 0.197. The molecule has 1 heterocycles. The van der Waals surface area contributed by atoms with Gasteiger partial charge >= 0.3 is 0 Å². The zero-order valence-corrected chi connectivity index (χ0v) is 22.5. The van der Waals surface area contributed by atoms with Crippen molar-refractivity contribution in [3.8, 4) is 33.4 Å². The minimum atomic E-state index is -0.524. The van der Waals surface area contributed by atoms with E-state index in [1.165, 1.54) is 0 Å². The fourth-order valence-corrected chi connectivity index (χ4v) is 6.15. The molecule has 0 radical (unpaired) electrons. The molecule has 9 rings (SSSR count). The first kappa shape index (κ1) is 15.0. The van der Waals surface area contributed by atoms with Crippen LogP contribution in [0.1, 0.15) is 16.4 Å². The van der Waals surface area contributed by atoms with Crippen molar-refractivity contribution in [3.63, 3.8) is 0 Å². The maximum absolute atomic E-state index is 9.35. The summed E-state index contributed by atoms with van der Waals surface area (Å²) >= 11 is 0. The van der Waals surface area contributed by atoms with Gasteiger partial charge in [0, 0.05) is 16.3 Å². The molecule has 0 amide bonds. The van der Waals surface area contributed by atoms with Crippen LogP contribution in [0.2, 0.25) is 0 Å². The van der Waals surface area contributed by atoms with E-state index in [0.29, 0.717) is 38.5 Å². The molecule has 0 N–H and O–H groups in total. The van der Waals surface area contributed by atoms with E-state index in [1.807, 2.05) is 72.8 Å². The third-order valence-corrected chi connectivity index (χ3v) is 7.99. The minimum absolute atomic E-state index is 0.0473. The average molecular weight is 559 g/mol. The van der Waals surface area contributed by atoms with Gasteiger partial charge in [0.05, 0.1) is 16.4 Å². The molecule has 0 bridgehead atoms. The van der Waals surface area contributed by atoms with Crippen LogP contribution in [0, 0.1) is 0 Å². The molecule has 0 aliphatic rings. The number of fused-ring (bicyclic) bond motifs is 6. The molecule has 0 aliphatic carbocycles. The van der Waals surface area contributed by atoms with Gasteiger partial charge in [0.2, 0.25) is 0 Å². The predicted octanol–water partition coefficient (Wildman–Crippen LogP) is 12.0. The second-order valence-electron chi connectivity index (χ2n) is 10.3. The van der Waals surface area contributed by atoms with E-state index in [4.69, 9.17) is 18.1 Å². The van der Waals surface area contributed by atoms with Crippen LogP contribution in [0.25, 0.3) is 87.6 Å². The molecule has 9 aromatic rings.